The van der Waals surface area contributed by atoms with Crippen LogP contribution in [-0.4, -0.2) is 50.5 Å². The fourth-order valence-corrected chi connectivity index (χ4v) is 4.25. The van der Waals surface area contributed by atoms with Crippen LogP contribution in [0.5, 0.6) is 0 Å². The standard InChI is InChI=1S/C18H29N3O4S2/c1-5-21(6-2)27(23,24)16-11-9-15(10-12-16)14(3)20-18(26)19-13-7-8-17(22)25-4/h9-12,14H,5-8,13H2,1-4H3,(H2,19,20,26)/t14-/m0/s1. The Morgan fingerprint density at radius 2 is 1.81 bits per heavy atom. The molecule has 1 aromatic rings. The summed E-state index contributed by atoms with van der Waals surface area (Å²) >= 11 is 5.25. The van der Waals surface area contributed by atoms with Gasteiger partial charge in [-0.25, -0.2) is 8.42 Å². The van der Waals surface area contributed by atoms with E-state index in [4.69, 9.17) is 12.2 Å². The van der Waals surface area contributed by atoms with Crippen molar-refractivity contribution in [2.24, 2.45) is 0 Å². The van der Waals surface area contributed by atoms with Crippen LogP contribution in [0.1, 0.15) is 45.2 Å². The number of benzene rings is 1. The highest BCUT2D eigenvalue weighted by Crippen LogP contribution is 2.19. The van der Waals surface area contributed by atoms with Gasteiger partial charge in [-0.15, -0.1) is 0 Å². The summed E-state index contributed by atoms with van der Waals surface area (Å²) in [5.41, 5.74) is 0.923. The van der Waals surface area contributed by atoms with E-state index in [0.717, 1.165) is 5.56 Å². The van der Waals surface area contributed by atoms with Crippen molar-refractivity contribution in [3.05, 3.63) is 29.8 Å². The number of carbonyl (C=O) groups is 1. The molecular formula is C18H29N3O4S2. The Kier molecular flexibility index (Phi) is 9.68. The van der Waals surface area contributed by atoms with Gasteiger partial charge in [0.2, 0.25) is 10.0 Å². The number of rotatable bonds is 10. The first-order valence-electron chi connectivity index (χ1n) is 8.97. The van der Waals surface area contributed by atoms with Crippen LogP contribution >= 0.6 is 12.2 Å². The maximum atomic E-state index is 12.5. The molecule has 0 fully saturated rings. The number of hydrogen-bond acceptors (Lipinski definition) is 5. The topological polar surface area (TPSA) is 87.7 Å². The molecule has 152 valence electrons. The SMILES string of the molecule is CCN(CC)S(=O)(=O)c1ccc([C@H](C)NC(=S)NCCCC(=O)OC)cc1. The molecule has 0 spiro atoms. The largest absolute Gasteiger partial charge is 0.469 e. The Labute approximate surface area is 167 Å². The first-order chi connectivity index (χ1) is 12.8. The molecule has 1 atom stereocenters. The summed E-state index contributed by atoms with van der Waals surface area (Å²) in [6.45, 7) is 7.02. The summed E-state index contributed by atoms with van der Waals surface area (Å²) in [5.74, 6) is -0.246. The molecule has 0 aliphatic rings. The zero-order valence-corrected chi connectivity index (χ0v) is 18.0. The summed E-state index contributed by atoms with van der Waals surface area (Å²) in [7, 11) is -2.09. The van der Waals surface area contributed by atoms with Gasteiger partial charge in [-0.3, -0.25) is 4.79 Å². The highest BCUT2D eigenvalue weighted by molar-refractivity contribution is 7.89. The Hall–Kier alpha value is -1.71. The van der Waals surface area contributed by atoms with Gasteiger partial charge < -0.3 is 15.4 Å². The smallest absolute Gasteiger partial charge is 0.305 e. The van der Waals surface area contributed by atoms with E-state index in [1.54, 1.807) is 24.3 Å². The van der Waals surface area contributed by atoms with E-state index < -0.39 is 10.0 Å². The molecule has 1 aromatic carbocycles. The van der Waals surface area contributed by atoms with Crippen molar-refractivity contribution in [3.63, 3.8) is 0 Å². The maximum Gasteiger partial charge on any atom is 0.305 e. The molecule has 0 aliphatic carbocycles. The van der Waals surface area contributed by atoms with E-state index in [1.807, 2.05) is 20.8 Å². The molecule has 0 unspecified atom stereocenters. The summed E-state index contributed by atoms with van der Waals surface area (Å²) in [4.78, 5) is 11.3. The minimum atomic E-state index is -3.45. The van der Waals surface area contributed by atoms with Gasteiger partial charge in [0.15, 0.2) is 5.11 Å². The van der Waals surface area contributed by atoms with Crippen molar-refractivity contribution in [3.8, 4) is 0 Å². The number of nitrogens with one attached hydrogen (secondary N) is 2. The van der Waals surface area contributed by atoms with Crippen molar-refractivity contribution in [2.75, 3.05) is 26.7 Å². The number of sulfonamides is 1. The third-order valence-electron chi connectivity index (χ3n) is 4.14. The molecule has 0 aromatic heterocycles. The normalized spacial score (nSPS) is 12.5. The lowest BCUT2D eigenvalue weighted by atomic mass is 10.1. The van der Waals surface area contributed by atoms with Gasteiger partial charge in [-0.05, 0) is 43.3 Å². The minimum Gasteiger partial charge on any atom is -0.469 e. The molecule has 0 aliphatic heterocycles. The van der Waals surface area contributed by atoms with Gasteiger partial charge in [0.05, 0.1) is 18.0 Å². The lowest BCUT2D eigenvalue weighted by molar-refractivity contribution is -0.140. The fraction of sp³-hybridized carbons (Fsp3) is 0.556. The van der Waals surface area contributed by atoms with Crippen molar-refractivity contribution in [1.29, 1.82) is 0 Å². The molecule has 0 heterocycles. The molecule has 0 saturated heterocycles. The molecule has 0 radical (unpaired) electrons. The van der Waals surface area contributed by atoms with Crippen LogP contribution in [0.3, 0.4) is 0 Å². The second kappa shape index (κ2) is 11.2. The van der Waals surface area contributed by atoms with Crippen LogP contribution in [-0.2, 0) is 19.6 Å². The molecule has 7 nitrogen and oxygen atoms in total. The lowest BCUT2D eigenvalue weighted by Gasteiger charge is -2.20. The number of hydrogen-bond donors (Lipinski definition) is 2. The Morgan fingerprint density at radius 3 is 2.33 bits per heavy atom. The first kappa shape index (κ1) is 23.3. The maximum absolute atomic E-state index is 12.5. The summed E-state index contributed by atoms with van der Waals surface area (Å²) < 4.78 is 31.0. The number of ether oxygens (including phenoxy) is 1. The van der Waals surface area contributed by atoms with Crippen LogP contribution in [0.25, 0.3) is 0 Å². The van der Waals surface area contributed by atoms with Crippen molar-refractivity contribution in [1.82, 2.24) is 14.9 Å². The highest BCUT2D eigenvalue weighted by atomic mass is 32.2. The van der Waals surface area contributed by atoms with E-state index in [0.29, 0.717) is 37.6 Å². The van der Waals surface area contributed by atoms with Crippen LogP contribution < -0.4 is 10.6 Å². The Balaban J connectivity index is 2.60. The summed E-state index contributed by atoms with van der Waals surface area (Å²) in [6.07, 6.45) is 0.963. The first-order valence-corrected chi connectivity index (χ1v) is 10.8. The van der Waals surface area contributed by atoms with Crippen LogP contribution in [0.4, 0.5) is 0 Å². The van der Waals surface area contributed by atoms with Crippen molar-refractivity contribution >= 4 is 33.3 Å². The van der Waals surface area contributed by atoms with Crippen LogP contribution in [0, 0.1) is 0 Å². The van der Waals surface area contributed by atoms with E-state index in [2.05, 4.69) is 15.4 Å². The average molecular weight is 416 g/mol. The fourth-order valence-electron chi connectivity index (χ4n) is 2.51. The quantitative estimate of drug-likeness (QED) is 0.344. The summed E-state index contributed by atoms with van der Waals surface area (Å²) in [6, 6.07) is 6.72. The van der Waals surface area contributed by atoms with Gasteiger partial charge in [-0.2, -0.15) is 4.31 Å². The molecule has 27 heavy (non-hydrogen) atoms. The van der Waals surface area contributed by atoms with Crippen molar-refractivity contribution in [2.45, 2.75) is 44.6 Å². The molecule has 0 amide bonds. The predicted octanol–water partition coefficient (Wildman–Crippen LogP) is 2.20. The number of nitrogens with zero attached hydrogens (tertiary/aromatic N) is 1. The second-order valence-corrected chi connectivity index (χ2v) is 8.31. The third kappa shape index (κ3) is 7.08. The molecule has 0 bridgehead atoms. The minimum absolute atomic E-state index is 0.0872. The number of carbonyl (C=O) groups excluding carboxylic acids is 1. The monoisotopic (exact) mass is 415 g/mol. The lowest BCUT2D eigenvalue weighted by Crippen LogP contribution is -2.37. The number of methoxy groups -OCH3 is 1. The van der Waals surface area contributed by atoms with E-state index in [1.165, 1.54) is 11.4 Å². The van der Waals surface area contributed by atoms with E-state index in [-0.39, 0.29) is 16.9 Å². The average Bonchev–Trinajstić information content (AvgIpc) is 2.65. The van der Waals surface area contributed by atoms with Crippen LogP contribution in [0.15, 0.2) is 29.2 Å². The number of thiocarbonyl (C=S) groups is 1. The molecular weight excluding hydrogens is 386 g/mol. The van der Waals surface area contributed by atoms with E-state index >= 15 is 0 Å². The predicted molar refractivity (Wildman–Crippen MR) is 110 cm³/mol. The van der Waals surface area contributed by atoms with Gasteiger partial charge in [0.25, 0.3) is 0 Å². The Bertz CT molecular complexity index is 717. The van der Waals surface area contributed by atoms with Crippen LogP contribution in [0.2, 0.25) is 0 Å². The zero-order valence-electron chi connectivity index (χ0n) is 16.3. The van der Waals surface area contributed by atoms with Crippen molar-refractivity contribution < 1.29 is 17.9 Å². The van der Waals surface area contributed by atoms with E-state index in [9.17, 15) is 13.2 Å². The molecule has 1 rings (SSSR count). The number of esters is 1. The highest BCUT2D eigenvalue weighted by Gasteiger charge is 2.21. The molecule has 9 heteroatoms. The molecule has 2 N–H and O–H groups in total. The Morgan fingerprint density at radius 1 is 1.22 bits per heavy atom. The third-order valence-corrected chi connectivity index (χ3v) is 6.47. The summed E-state index contributed by atoms with van der Waals surface area (Å²) in [5, 5.41) is 6.66. The second-order valence-electron chi connectivity index (χ2n) is 5.96. The van der Waals surface area contributed by atoms with Gasteiger partial charge in [-0.1, -0.05) is 26.0 Å². The van der Waals surface area contributed by atoms with Gasteiger partial charge >= 0.3 is 5.97 Å². The van der Waals surface area contributed by atoms with Gasteiger partial charge in [0.1, 0.15) is 0 Å². The van der Waals surface area contributed by atoms with Gasteiger partial charge in [0, 0.05) is 26.1 Å². The molecule has 0 saturated carbocycles. The zero-order chi connectivity index (χ0) is 20.4.